The summed E-state index contributed by atoms with van der Waals surface area (Å²) in [5, 5.41) is 4.41. The molecule has 1 aromatic heterocycles. The molecule has 4 rings (SSSR count). The van der Waals surface area contributed by atoms with Gasteiger partial charge in [-0.25, -0.2) is 9.07 Å². The molecule has 1 atom stereocenters. The fourth-order valence-corrected chi connectivity index (χ4v) is 3.97. The molecule has 2 aromatic carbocycles. The van der Waals surface area contributed by atoms with Gasteiger partial charge in [-0.2, -0.15) is 5.10 Å². The van der Waals surface area contributed by atoms with Crippen LogP contribution in [0.2, 0.25) is 0 Å². The molecule has 0 bridgehead atoms. The first-order valence-electron chi connectivity index (χ1n) is 10.4. The molecule has 0 radical (unpaired) electrons. The molecule has 1 fully saturated rings. The van der Waals surface area contributed by atoms with Crippen molar-refractivity contribution in [3.63, 3.8) is 0 Å². The highest BCUT2D eigenvalue weighted by molar-refractivity contribution is 6.00. The third-order valence-electron chi connectivity index (χ3n) is 5.43. The second-order valence-corrected chi connectivity index (χ2v) is 7.51. The number of carbonyl (C=O) groups excluding carboxylic acids is 2. The Hall–Kier alpha value is -3.48. The minimum absolute atomic E-state index is 0.199. The van der Waals surface area contributed by atoms with Crippen molar-refractivity contribution in [3.8, 4) is 16.9 Å². The van der Waals surface area contributed by atoms with Crippen LogP contribution in [0.15, 0.2) is 60.8 Å². The Morgan fingerprint density at radius 2 is 1.97 bits per heavy atom. The molecule has 2 heterocycles. The molecular weight excluding hydrogens is 397 g/mol. The van der Waals surface area contributed by atoms with Crippen molar-refractivity contribution in [2.24, 2.45) is 5.92 Å². The van der Waals surface area contributed by atoms with E-state index in [0.29, 0.717) is 43.1 Å². The van der Waals surface area contributed by atoms with Crippen molar-refractivity contribution in [3.05, 3.63) is 72.2 Å². The lowest BCUT2D eigenvalue weighted by Gasteiger charge is -2.31. The summed E-state index contributed by atoms with van der Waals surface area (Å²) < 4.78 is 20.6. The number of halogens is 1. The average molecular weight is 421 g/mol. The molecule has 0 unspecified atom stereocenters. The van der Waals surface area contributed by atoms with Gasteiger partial charge in [0.05, 0.1) is 35.7 Å². The first-order chi connectivity index (χ1) is 15.1. The molecule has 1 aliphatic rings. The molecule has 1 saturated heterocycles. The maximum atomic E-state index is 13.9. The van der Waals surface area contributed by atoms with E-state index in [1.165, 1.54) is 18.3 Å². The zero-order chi connectivity index (χ0) is 21.8. The number of benzene rings is 2. The topological polar surface area (TPSA) is 64.4 Å². The average Bonchev–Trinajstić information content (AvgIpc) is 3.24. The summed E-state index contributed by atoms with van der Waals surface area (Å²) >= 11 is 0. The molecule has 7 heteroatoms. The standard InChI is InChI=1S/C24H24FN3O3/c1-2-31-24(30)18-10-7-13-27(16-18)23(29)21-15-26-28(20-12-6-11-19(25)14-20)22(21)17-8-4-3-5-9-17/h3-6,8-9,11-12,14-15,18H,2,7,10,13,16H2,1H3/t18-/m1/s1. The summed E-state index contributed by atoms with van der Waals surface area (Å²) in [6.07, 6.45) is 2.95. The van der Waals surface area contributed by atoms with Crippen LogP contribution in [0.1, 0.15) is 30.1 Å². The van der Waals surface area contributed by atoms with Gasteiger partial charge in [-0.1, -0.05) is 36.4 Å². The lowest BCUT2D eigenvalue weighted by atomic mass is 9.97. The number of aromatic nitrogens is 2. The van der Waals surface area contributed by atoms with Crippen LogP contribution in [-0.2, 0) is 9.53 Å². The quantitative estimate of drug-likeness (QED) is 0.582. The fourth-order valence-electron chi connectivity index (χ4n) is 3.97. The highest BCUT2D eigenvalue weighted by Gasteiger charge is 2.32. The highest BCUT2D eigenvalue weighted by atomic mass is 19.1. The minimum atomic E-state index is -0.381. The molecule has 6 nitrogen and oxygen atoms in total. The van der Waals surface area contributed by atoms with E-state index in [1.54, 1.807) is 28.6 Å². The fraction of sp³-hybridized carbons (Fsp3) is 0.292. The van der Waals surface area contributed by atoms with Crippen molar-refractivity contribution in [2.45, 2.75) is 19.8 Å². The predicted octanol–water partition coefficient (Wildman–Crippen LogP) is 4.09. The summed E-state index contributed by atoms with van der Waals surface area (Å²) in [5.74, 6) is -1.17. The third-order valence-corrected chi connectivity index (χ3v) is 5.43. The Labute approximate surface area is 180 Å². The van der Waals surface area contributed by atoms with Crippen LogP contribution in [0.25, 0.3) is 16.9 Å². The Bertz CT molecular complexity index is 1080. The Morgan fingerprint density at radius 3 is 2.71 bits per heavy atom. The molecule has 0 saturated carbocycles. The number of rotatable bonds is 5. The number of ether oxygens (including phenoxy) is 1. The molecular formula is C24H24FN3O3. The Kier molecular flexibility index (Phi) is 6.11. The van der Waals surface area contributed by atoms with Crippen LogP contribution in [0, 0.1) is 11.7 Å². The maximum absolute atomic E-state index is 13.9. The van der Waals surface area contributed by atoms with Gasteiger partial charge in [0, 0.05) is 18.7 Å². The lowest BCUT2D eigenvalue weighted by Crippen LogP contribution is -2.42. The second-order valence-electron chi connectivity index (χ2n) is 7.51. The van der Waals surface area contributed by atoms with Crippen LogP contribution in [-0.4, -0.2) is 46.3 Å². The molecule has 160 valence electrons. The number of esters is 1. The van der Waals surface area contributed by atoms with Gasteiger partial charge in [0.1, 0.15) is 5.82 Å². The van der Waals surface area contributed by atoms with Crippen molar-refractivity contribution in [2.75, 3.05) is 19.7 Å². The first-order valence-corrected chi connectivity index (χ1v) is 10.4. The highest BCUT2D eigenvalue weighted by Crippen LogP contribution is 2.29. The molecule has 1 amide bonds. The van der Waals surface area contributed by atoms with Gasteiger partial charge in [-0.15, -0.1) is 0 Å². The van der Waals surface area contributed by atoms with Crippen molar-refractivity contribution >= 4 is 11.9 Å². The molecule has 1 aliphatic heterocycles. The Morgan fingerprint density at radius 1 is 1.16 bits per heavy atom. The van der Waals surface area contributed by atoms with Crippen LogP contribution in [0.4, 0.5) is 4.39 Å². The maximum Gasteiger partial charge on any atom is 0.310 e. The number of carbonyl (C=O) groups is 2. The van der Waals surface area contributed by atoms with E-state index in [-0.39, 0.29) is 23.6 Å². The van der Waals surface area contributed by atoms with Gasteiger partial charge < -0.3 is 9.64 Å². The summed E-state index contributed by atoms with van der Waals surface area (Å²) in [5.41, 5.74) is 2.34. The number of nitrogens with zero attached hydrogens (tertiary/aromatic N) is 3. The Balaban J connectivity index is 1.71. The van der Waals surface area contributed by atoms with Gasteiger partial charge in [-0.05, 0) is 38.0 Å². The zero-order valence-corrected chi connectivity index (χ0v) is 17.3. The van der Waals surface area contributed by atoms with Crippen molar-refractivity contribution < 1.29 is 18.7 Å². The van der Waals surface area contributed by atoms with E-state index in [9.17, 15) is 14.0 Å². The number of likely N-dealkylation sites (tertiary alicyclic amines) is 1. The van der Waals surface area contributed by atoms with Crippen LogP contribution in [0.3, 0.4) is 0 Å². The van der Waals surface area contributed by atoms with Crippen molar-refractivity contribution in [1.82, 2.24) is 14.7 Å². The SMILES string of the molecule is CCOC(=O)[C@@H]1CCCN(C(=O)c2cnn(-c3cccc(F)c3)c2-c2ccccc2)C1. The van der Waals surface area contributed by atoms with Gasteiger partial charge in [-0.3, -0.25) is 9.59 Å². The van der Waals surface area contributed by atoms with Gasteiger partial charge in [0.25, 0.3) is 5.91 Å². The molecule has 31 heavy (non-hydrogen) atoms. The van der Waals surface area contributed by atoms with E-state index >= 15 is 0 Å². The molecule has 0 N–H and O–H groups in total. The van der Waals surface area contributed by atoms with E-state index in [4.69, 9.17) is 4.74 Å². The van der Waals surface area contributed by atoms with E-state index < -0.39 is 0 Å². The van der Waals surface area contributed by atoms with Gasteiger partial charge in [0.15, 0.2) is 0 Å². The van der Waals surface area contributed by atoms with Crippen molar-refractivity contribution in [1.29, 1.82) is 0 Å². The predicted molar refractivity (Wildman–Crippen MR) is 114 cm³/mol. The molecule has 0 aliphatic carbocycles. The first kappa shape index (κ1) is 20.8. The number of hydrogen-bond donors (Lipinski definition) is 0. The normalized spacial score (nSPS) is 16.2. The van der Waals surface area contributed by atoms with Crippen LogP contribution >= 0.6 is 0 Å². The zero-order valence-electron chi connectivity index (χ0n) is 17.3. The van der Waals surface area contributed by atoms with E-state index in [0.717, 1.165) is 12.0 Å². The molecule has 0 spiro atoms. The largest absolute Gasteiger partial charge is 0.466 e. The summed E-state index contributed by atoms with van der Waals surface area (Å²) in [6.45, 7) is 2.98. The number of piperidine rings is 1. The summed E-state index contributed by atoms with van der Waals surface area (Å²) in [7, 11) is 0. The summed E-state index contributed by atoms with van der Waals surface area (Å²) in [4.78, 5) is 27.4. The third kappa shape index (κ3) is 4.35. The van der Waals surface area contributed by atoms with Gasteiger partial charge >= 0.3 is 5.97 Å². The number of hydrogen-bond acceptors (Lipinski definition) is 4. The smallest absolute Gasteiger partial charge is 0.310 e. The van der Waals surface area contributed by atoms with E-state index in [2.05, 4.69) is 5.10 Å². The number of amides is 1. The lowest BCUT2D eigenvalue weighted by molar-refractivity contribution is -0.149. The van der Waals surface area contributed by atoms with Gasteiger partial charge in [0.2, 0.25) is 0 Å². The van der Waals surface area contributed by atoms with Crippen LogP contribution in [0.5, 0.6) is 0 Å². The molecule has 3 aromatic rings. The van der Waals surface area contributed by atoms with E-state index in [1.807, 2.05) is 30.3 Å². The summed E-state index contributed by atoms with van der Waals surface area (Å²) in [6, 6.07) is 15.5. The van der Waals surface area contributed by atoms with Crippen LogP contribution < -0.4 is 0 Å². The minimum Gasteiger partial charge on any atom is -0.466 e. The monoisotopic (exact) mass is 421 g/mol. The second kappa shape index (κ2) is 9.12.